The molecule has 1 aromatic carbocycles. The van der Waals surface area contributed by atoms with Crippen LogP contribution in [0.5, 0.6) is 0 Å². The van der Waals surface area contributed by atoms with Gasteiger partial charge in [0.05, 0.1) is 17.4 Å². The van der Waals surface area contributed by atoms with Gasteiger partial charge in [0.1, 0.15) is 0 Å². The van der Waals surface area contributed by atoms with E-state index in [1.807, 2.05) is 23.5 Å². The van der Waals surface area contributed by atoms with Crippen molar-refractivity contribution < 1.29 is 4.79 Å². The Labute approximate surface area is 140 Å². The van der Waals surface area contributed by atoms with Crippen molar-refractivity contribution in [3.05, 3.63) is 57.4 Å². The number of Topliss-reactive ketones (excluding diaryl/α,β-unsaturated/α-hetero) is 1. The van der Waals surface area contributed by atoms with Crippen LogP contribution in [-0.4, -0.2) is 11.8 Å². The number of para-hydroxylation sites is 2. The Morgan fingerprint density at radius 1 is 1.09 bits per heavy atom. The second-order valence-electron chi connectivity index (χ2n) is 6.41. The van der Waals surface area contributed by atoms with E-state index in [4.69, 9.17) is 0 Å². The Bertz CT molecular complexity index is 805. The van der Waals surface area contributed by atoms with Gasteiger partial charge in [-0.15, -0.1) is 11.3 Å². The van der Waals surface area contributed by atoms with E-state index in [2.05, 4.69) is 48.7 Å². The maximum atomic E-state index is 12.8. The highest BCUT2D eigenvalue weighted by molar-refractivity contribution is 7.12. The molecule has 2 aliphatic rings. The zero-order valence-corrected chi connectivity index (χ0v) is 14.2. The summed E-state index contributed by atoms with van der Waals surface area (Å²) >= 11 is 1.81. The topological polar surface area (TPSA) is 41.1 Å². The van der Waals surface area contributed by atoms with Gasteiger partial charge in [0.15, 0.2) is 5.78 Å². The normalized spacial score (nSPS) is 23.5. The van der Waals surface area contributed by atoms with Gasteiger partial charge >= 0.3 is 0 Å². The molecule has 23 heavy (non-hydrogen) atoms. The van der Waals surface area contributed by atoms with Crippen LogP contribution >= 0.6 is 11.3 Å². The molecule has 118 valence electrons. The van der Waals surface area contributed by atoms with Gasteiger partial charge in [0.2, 0.25) is 0 Å². The second-order valence-corrected chi connectivity index (χ2v) is 7.73. The van der Waals surface area contributed by atoms with Crippen molar-refractivity contribution in [2.45, 2.75) is 38.6 Å². The molecule has 0 saturated carbocycles. The minimum atomic E-state index is 0.0414. The van der Waals surface area contributed by atoms with Crippen LogP contribution in [0.1, 0.15) is 35.4 Å². The highest BCUT2D eigenvalue weighted by Gasteiger charge is 2.33. The first kappa shape index (κ1) is 14.5. The number of thiophene rings is 1. The highest BCUT2D eigenvalue weighted by Crippen LogP contribution is 2.41. The van der Waals surface area contributed by atoms with E-state index in [1.165, 1.54) is 9.75 Å². The van der Waals surface area contributed by atoms with E-state index in [0.717, 1.165) is 29.1 Å². The van der Waals surface area contributed by atoms with Crippen molar-refractivity contribution in [2.24, 2.45) is 0 Å². The van der Waals surface area contributed by atoms with Crippen molar-refractivity contribution in [1.82, 2.24) is 0 Å². The fourth-order valence-electron chi connectivity index (χ4n) is 3.61. The van der Waals surface area contributed by atoms with Gasteiger partial charge in [-0.25, -0.2) is 0 Å². The number of carbonyl (C=O) groups excluding carboxylic acids is 1. The number of carbonyl (C=O) groups is 1. The minimum Gasteiger partial charge on any atom is -0.377 e. The summed E-state index contributed by atoms with van der Waals surface area (Å²) < 4.78 is 0. The fourth-order valence-corrected chi connectivity index (χ4v) is 4.59. The molecule has 2 heterocycles. The number of nitrogens with one attached hydrogen (secondary N) is 2. The Hall–Kier alpha value is -2.07. The van der Waals surface area contributed by atoms with E-state index < -0.39 is 0 Å². The molecule has 0 radical (unpaired) electrons. The summed E-state index contributed by atoms with van der Waals surface area (Å²) in [4.78, 5) is 15.4. The smallest absolute Gasteiger partial charge is 0.163 e. The molecule has 4 heteroatoms. The third-order valence-electron chi connectivity index (χ3n) is 4.69. The van der Waals surface area contributed by atoms with Crippen molar-refractivity contribution in [1.29, 1.82) is 0 Å². The summed E-state index contributed by atoms with van der Waals surface area (Å²) in [6, 6.07) is 12.5. The van der Waals surface area contributed by atoms with Crippen LogP contribution in [0.2, 0.25) is 0 Å². The quantitative estimate of drug-likeness (QED) is 0.800. The lowest BCUT2D eigenvalue weighted by Gasteiger charge is -2.27. The van der Waals surface area contributed by atoms with Crippen LogP contribution < -0.4 is 10.6 Å². The first-order valence-electron chi connectivity index (χ1n) is 8.07. The monoisotopic (exact) mass is 324 g/mol. The maximum Gasteiger partial charge on any atom is 0.163 e. The van der Waals surface area contributed by atoms with Crippen molar-refractivity contribution in [3.8, 4) is 0 Å². The predicted molar refractivity (Wildman–Crippen MR) is 96.2 cm³/mol. The van der Waals surface area contributed by atoms with Gasteiger partial charge in [-0.05, 0) is 44.5 Å². The van der Waals surface area contributed by atoms with E-state index >= 15 is 0 Å². The lowest BCUT2D eigenvalue weighted by atomic mass is 9.83. The summed E-state index contributed by atoms with van der Waals surface area (Å²) in [6.45, 7) is 4.20. The standard InChI is InChI=1S/C19H20N2OS/c1-11-7-8-18(23-11)13-9-16-19(17(22)10-13)12(2)20-14-5-3-4-6-15(14)21-16/h3-8,12-13,20-21H,9-10H2,1-2H3/t12-,13+/m1/s1. The predicted octanol–water partition coefficient (Wildman–Crippen LogP) is 4.68. The first-order valence-corrected chi connectivity index (χ1v) is 8.88. The summed E-state index contributed by atoms with van der Waals surface area (Å²) in [5.74, 6) is 0.563. The van der Waals surface area contributed by atoms with E-state index in [9.17, 15) is 4.79 Å². The second kappa shape index (κ2) is 5.53. The molecular formula is C19H20N2OS. The van der Waals surface area contributed by atoms with Gasteiger partial charge in [0, 0.05) is 33.4 Å². The van der Waals surface area contributed by atoms with Crippen LogP contribution in [0, 0.1) is 6.92 Å². The van der Waals surface area contributed by atoms with Crippen molar-refractivity contribution in [2.75, 3.05) is 10.6 Å². The highest BCUT2D eigenvalue weighted by atomic mass is 32.1. The van der Waals surface area contributed by atoms with Gasteiger partial charge in [-0.3, -0.25) is 4.79 Å². The molecular weight excluding hydrogens is 304 g/mol. The van der Waals surface area contributed by atoms with Crippen LogP contribution in [0.4, 0.5) is 11.4 Å². The largest absolute Gasteiger partial charge is 0.377 e. The average molecular weight is 324 g/mol. The number of anilines is 2. The zero-order valence-electron chi connectivity index (χ0n) is 13.3. The Kier molecular flexibility index (Phi) is 3.49. The van der Waals surface area contributed by atoms with Crippen LogP contribution in [-0.2, 0) is 4.79 Å². The molecule has 0 unspecified atom stereocenters. The SMILES string of the molecule is Cc1ccc([C@@H]2CC(=O)C3=C(C2)Nc2ccccc2N[C@@H]3C)s1. The molecule has 2 N–H and O–H groups in total. The molecule has 2 aromatic rings. The van der Waals surface area contributed by atoms with Crippen molar-refractivity contribution >= 4 is 28.5 Å². The average Bonchev–Trinajstić information content (AvgIpc) is 2.88. The number of hydrogen-bond donors (Lipinski definition) is 2. The summed E-state index contributed by atoms with van der Waals surface area (Å²) in [7, 11) is 0. The molecule has 1 aliphatic carbocycles. The van der Waals surface area contributed by atoms with Gasteiger partial charge in [-0.1, -0.05) is 12.1 Å². The number of allylic oxidation sites excluding steroid dienone is 1. The lowest BCUT2D eigenvalue weighted by Crippen LogP contribution is -2.29. The van der Waals surface area contributed by atoms with Gasteiger partial charge in [0.25, 0.3) is 0 Å². The Balaban J connectivity index is 1.72. The van der Waals surface area contributed by atoms with E-state index in [0.29, 0.717) is 12.3 Å². The molecule has 4 rings (SSSR count). The van der Waals surface area contributed by atoms with Crippen LogP contribution in [0.3, 0.4) is 0 Å². The summed E-state index contributed by atoms with van der Waals surface area (Å²) in [5.41, 5.74) is 4.12. The summed E-state index contributed by atoms with van der Waals surface area (Å²) in [5, 5.41) is 7.00. The minimum absolute atomic E-state index is 0.0414. The molecule has 1 aliphatic heterocycles. The first-order chi connectivity index (χ1) is 11.1. The fraction of sp³-hybridized carbons (Fsp3) is 0.316. The van der Waals surface area contributed by atoms with Crippen LogP contribution in [0.25, 0.3) is 0 Å². The zero-order chi connectivity index (χ0) is 16.0. The van der Waals surface area contributed by atoms with E-state index in [-0.39, 0.29) is 11.8 Å². The Morgan fingerprint density at radius 3 is 2.61 bits per heavy atom. The van der Waals surface area contributed by atoms with Crippen LogP contribution in [0.15, 0.2) is 47.7 Å². The summed E-state index contributed by atoms with van der Waals surface area (Å²) in [6.07, 6.45) is 1.52. The van der Waals surface area contributed by atoms with Crippen molar-refractivity contribution in [3.63, 3.8) is 0 Å². The molecule has 0 bridgehead atoms. The number of rotatable bonds is 1. The molecule has 0 spiro atoms. The maximum absolute atomic E-state index is 12.8. The molecule has 2 atom stereocenters. The molecule has 0 saturated heterocycles. The van der Waals surface area contributed by atoms with Gasteiger partial charge < -0.3 is 10.6 Å². The number of fused-ring (bicyclic) bond motifs is 1. The molecule has 1 aromatic heterocycles. The van der Waals surface area contributed by atoms with Gasteiger partial charge in [-0.2, -0.15) is 0 Å². The molecule has 3 nitrogen and oxygen atoms in total. The van der Waals surface area contributed by atoms with E-state index in [1.54, 1.807) is 0 Å². The number of benzene rings is 1. The number of hydrogen-bond acceptors (Lipinski definition) is 4. The lowest BCUT2D eigenvalue weighted by molar-refractivity contribution is -0.116. The third-order valence-corrected chi connectivity index (χ3v) is 5.85. The number of ketones is 1. The molecule has 0 fully saturated rings. The Morgan fingerprint density at radius 2 is 1.87 bits per heavy atom. The molecule has 0 amide bonds. The number of aryl methyl sites for hydroxylation is 1. The third kappa shape index (κ3) is 2.57.